The molecule has 0 unspecified atom stereocenters. The molecule has 0 fully saturated rings. The largest absolute Gasteiger partial charge is 0.496 e. The van der Waals surface area contributed by atoms with Crippen LogP contribution >= 0.6 is 0 Å². The Morgan fingerprint density at radius 1 is 1.00 bits per heavy atom. The Labute approximate surface area is 112 Å². The molecule has 0 heterocycles. The quantitative estimate of drug-likeness (QED) is 0.653. The van der Waals surface area contributed by atoms with E-state index in [1.54, 1.807) is 7.11 Å². The van der Waals surface area contributed by atoms with Crippen LogP contribution in [0.15, 0.2) is 24.3 Å². The molecule has 1 aromatic rings. The van der Waals surface area contributed by atoms with Gasteiger partial charge in [0.15, 0.2) is 0 Å². The second-order valence-electron chi connectivity index (χ2n) is 4.80. The van der Waals surface area contributed by atoms with E-state index < -0.39 is 0 Å². The summed E-state index contributed by atoms with van der Waals surface area (Å²) in [5.74, 6) is 1.01. The average Bonchev–Trinajstić information content (AvgIpc) is 2.42. The van der Waals surface area contributed by atoms with E-state index in [0.29, 0.717) is 0 Å². The summed E-state index contributed by atoms with van der Waals surface area (Å²) in [6.07, 6.45) is 5.07. The summed E-state index contributed by atoms with van der Waals surface area (Å²) in [6.45, 7) is 7.88. The number of methoxy groups -OCH3 is 1. The van der Waals surface area contributed by atoms with E-state index in [4.69, 9.17) is 4.74 Å². The number of unbranched alkanes of at least 4 members (excludes halogenated alkanes) is 2. The van der Waals surface area contributed by atoms with Crippen LogP contribution in [0.5, 0.6) is 5.75 Å². The lowest BCUT2D eigenvalue weighted by Crippen LogP contribution is -2.25. The van der Waals surface area contributed by atoms with E-state index in [1.165, 1.54) is 44.3 Å². The number of nitrogens with zero attached hydrogens (tertiary/aromatic N) is 1. The first-order chi connectivity index (χ1) is 8.81. The third kappa shape index (κ3) is 5.09. The molecule has 1 rings (SSSR count). The maximum Gasteiger partial charge on any atom is 0.123 e. The number of benzene rings is 1. The topological polar surface area (TPSA) is 12.5 Å². The lowest BCUT2D eigenvalue weighted by molar-refractivity contribution is 0.253. The SMILES string of the molecule is CCCCN(CCCC)Cc1ccccc1OC. The second kappa shape index (κ2) is 8.98. The smallest absolute Gasteiger partial charge is 0.123 e. The number of hydrogen-bond acceptors (Lipinski definition) is 2. The Morgan fingerprint density at radius 3 is 2.17 bits per heavy atom. The fourth-order valence-corrected chi connectivity index (χ4v) is 2.11. The Kier molecular flexibility index (Phi) is 7.51. The van der Waals surface area contributed by atoms with Gasteiger partial charge in [-0.05, 0) is 32.0 Å². The fourth-order valence-electron chi connectivity index (χ4n) is 2.11. The zero-order valence-electron chi connectivity index (χ0n) is 12.1. The summed E-state index contributed by atoms with van der Waals surface area (Å²) in [6, 6.07) is 8.34. The first-order valence-corrected chi connectivity index (χ1v) is 7.16. The van der Waals surface area contributed by atoms with Crippen LogP contribution in [0.4, 0.5) is 0 Å². The number of hydrogen-bond donors (Lipinski definition) is 0. The molecule has 2 nitrogen and oxygen atoms in total. The average molecular weight is 249 g/mol. The molecule has 0 spiro atoms. The Bertz CT molecular complexity index is 317. The molecule has 0 radical (unpaired) electrons. The van der Waals surface area contributed by atoms with Crippen molar-refractivity contribution >= 4 is 0 Å². The van der Waals surface area contributed by atoms with Gasteiger partial charge in [0, 0.05) is 12.1 Å². The highest BCUT2D eigenvalue weighted by molar-refractivity contribution is 5.33. The van der Waals surface area contributed by atoms with Gasteiger partial charge in [0.25, 0.3) is 0 Å². The van der Waals surface area contributed by atoms with Crippen molar-refractivity contribution in [2.75, 3.05) is 20.2 Å². The molecule has 0 saturated heterocycles. The van der Waals surface area contributed by atoms with E-state index in [2.05, 4.69) is 30.9 Å². The Morgan fingerprint density at radius 2 is 1.61 bits per heavy atom. The minimum atomic E-state index is 1.00. The lowest BCUT2D eigenvalue weighted by Gasteiger charge is -2.23. The maximum absolute atomic E-state index is 5.43. The van der Waals surface area contributed by atoms with E-state index in [-0.39, 0.29) is 0 Å². The van der Waals surface area contributed by atoms with Gasteiger partial charge in [0.2, 0.25) is 0 Å². The molecular weight excluding hydrogens is 222 g/mol. The molecular formula is C16H27NO. The van der Waals surface area contributed by atoms with Gasteiger partial charge in [-0.2, -0.15) is 0 Å². The summed E-state index contributed by atoms with van der Waals surface area (Å²) < 4.78 is 5.43. The van der Waals surface area contributed by atoms with Crippen molar-refractivity contribution in [1.82, 2.24) is 4.90 Å². The Hall–Kier alpha value is -1.02. The number of para-hydroxylation sites is 1. The van der Waals surface area contributed by atoms with Crippen molar-refractivity contribution in [3.05, 3.63) is 29.8 Å². The van der Waals surface area contributed by atoms with Crippen LogP contribution in [-0.4, -0.2) is 25.1 Å². The molecule has 0 bridgehead atoms. The zero-order valence-corrected chi connectivity index (χ0v) is 12.1. The first kappa shape index (κ1) is 15.0. The predicted octanol–water partition coefficient (Wildman–Crippen LogP) is 4.10. The molecule has 18 heavy (non-hydrogen) atoms. The predicted molar refractivity (Wildman–Crippen MR) is 78.1 cm³/mol. The van der Waals surface area contributed by atoms with Gasteiger partial charge in [-0.15, -0.1) is 0 Å². The minimum Gasteiger partial charge on any atom is -0.496 e. The molecule has 0 amide bonds. The molecule has 0 N–H and O–H groups in total. The van der Waals surface area contributed by atoms with Crippen LogP contribution in [0.2, 0.25) is 0 Å². The molecule has 0 atom stereocenters. The van der Waals surface area contributed by atoms with Crippen molar-refractivity contribution in [2.24, 2.45) is 0 Å². The minimum absolute atomic E-state index is 1.00. The molecule has 0 aliphatic carbocycles. The van der Waals surface area contributed by atoms with Crippen LogP contribution in [0.3, 0.4) is 0 Å². The zero-order chi connectivity index (χ0) is 13.2. The van der Waals surface area contributed by atoms with E-state index in [9.17, 15) is 0 Å². The highest BCUT2D eigenvalue weighted by atomic mass is 16.5. The first-order valence-electron chi connectivity index (χ1n) is 7.16. The highest BCUT2D eigenvalue weighted by Crippen LogP contribution is 2.19. The third-order valence-electron chi connectivity index (χ3n) is 3.24. The van der Waals surface area contributed by atoms with Gasteiger partial charge >= 0.3 is 0 Å². The summed E-state index contributed by atoms with van der Waals surface area (Å²) in [5.41, 5.74) is 1.30. The van der Waals surface area contributed by atoms with Gasteiger partial charge in [-0.3, -0.25) is 4.90 Å². The summed E-state index contributed by atoms with van der Waals surface area (Å²) in [5, 5.41) is 0. The van der Waals surface area contributed by atoms with Crippen molar-refractivity contribution in [3.63, 3.8) is 0 Å². The van der Waals surface area contributed by atoms with E-state index in [0.717, 1.165) is 12.3 Å². The van der Waals surface area contributed by atoms with Crippen molar-refractivity contribution in [1.29, 1.82) is 0 Å². The highest BCUT2D eigenvalue weighted by Gasteiger charge is 2.08. The summed E-state index contributed by atoms with van der Waals surface area (Å²) in [7, 11) is 1.75. The maximum atomic E-state index is 5.43. The van der Waals surface area contributed by atoms with Gasteiger partial charge in [-0.1, -0.05) is 44.9 Å². The molecule has 102 valence electrons. The van der Waals surface area contributed by atoms with Crippen LogP contribution in [0.25, 0.3) is 0 Å². The molecule has 1 aromatic carbocycles. The monoisotopic (exact) mass is 249 g/mol. The number of rotatable bonds is 9. The second-order valence-corrected chi connectivity index (χ2v) is 4.80. The lowest BCUT2D eigenvalue weighted by atomic mass is 10.1. The van der Waals surface area contributed by atoms with Gasteiger partial charge < -0.3 is 4.74 Å². The molecule has 0 aliphatic rings. The van der Waals surface area contributed by atoms with E-state index >= 15 is 0 Å². The van der Waals surface area contributed by atoms with Crippen LogP contribution in [-0.2, 0) is 6.54 Å². The normalized spacial score (nSPS) is 10.9. The number of ether oxygens (including phenoxy) is 1. The summed E-state index contributed by atoms with van der Waals surface area (Å²) >= 11 is 0. The molecule has 0 aromatic heterocycles. The summed E-state index contributed by atoms with van der Waals surface area (Å²) in [4.78, 5) is 2.55. The standard InChI is InChI=1S/C16H27NO/c1-4-6-12-17(13-7-5-2)14-15-10-8-9-11-16(15)18-3/h8-11H,4-7,12-14H2,1-3H3. The molecule has 2 heteroatoms. The Balaban J connectivity index is 2.62. The van der Waals surface area contributed by atoms with Crippen molar-refractivity contribution in [2.45, 2.75) is 46.1 Å². The molecule has 0 saturated carbocycles. The van der Waals surface area contributed by atoms with Crippen LogP contribution < -0.4 is 4.74 Å². The van der Waals surface area contributed by atoms with Gasteiger partial charge in [0.1, 0.15) is 5.75 Å². The van der Waals surface area contributed by atoms with Crippen LogP contribution in [0.1, 0.15) is 45.1 Å². The van der Waals surface area contributed by atoms with E-state index in [1.807, 2.05) is 12.1 Å². The van der Waals surface area contributed by atoms with Gasteiger partial charge in [-0.25, -0.2) is 0 Å². The fraction of sp³-hybridized carbons (Fsp3) is 0.625. The molecule has 0 aliphatic heterocycles. The van der Waals surface area contributed by atoms with Gasteiger partial charge in [0.05, 0.1) is 7.11 Å². The van der Waals surface area contributed by atoms with Crippen LogP contribution in [0, 0.1) is 0 Å². The van der Waals surface area contributed by atoms with Crippen molar-refractivity contribution < 1.29 is 4.74 Å². The van der Waals surface area contributed by atoms with Crippen molar-refractivity contribution in [3.8, 4) is 5.75 Å². The third-order valence-corrected chi connectivity index (χ3v) is 3.24.